The minimum absolute atomic E-state index is 0.117. The van der Waals surface area contributed by atoms with Crippen molar-refractivity contribution in [2.45, 2.75) is 0 Å². The number of benzene rings is 1. The van der Waals surface area contributed by atoms with Gasteiger partial charge in [0.15, 0.2) is 12.1 Å². The van der Waals surface area contributed by atoms with Gasteiger partial charge < -0.3 is 4.74 Å². The van der Waals surface area contributed by atoms with Gasteiger partial charge in [-0.3, -0.25) is 4.79 Å². The summed E-state index contributed by atoms with van der Waals surface area (Å²) in [6.45, 7) is 0. The van der Waals surface area contributed by atoms with E-state index in [0.29, 0.717) is 0 Å². The van der Waals surface area contributed by atoms with Crippen LogP contribution in [0.1, 0.15) is 10.4 Å². The van der Waals surface area contributed by atoms with Crippen LogP contribution in [0.15, 0.2) is 10.5 Å². The Bertz CT molecular complexity index is 352. The van der Waals surface area contributed by atoms with Gasteiger partial charge in [0.1, 0.15) is 11.6 Å². The molecule has 0 spiro atoms. The van der Waals surface area contributed by atoms with Gasteiger partial charge in [-0.1, -0.05) is 0 Å². The molecular formula is C8H5BrF2O2. The van der Waals surface area contributed by atoms with E-state index in [4.69, 9.17) is 0 Å². The molecule has 0 atom stereocenters. The predicted molar refractivity (Wildman–Crippen MR) is 46.0 cm³/mol. The molecule has 0 aliphatic carbocycles. The average molecular weight is 251 g/mol. The van der Waals surface area contributed by atoms with Gasteiger partial charge in [0.2, 0.25) is 0 Å². The topological polar surface area (TPSA) is 26.3 Å². The Balaban J connectivity index is 3.47. The van der Waals surface area contributed by atoms with Crippen molar-refractivity contribution in [2.24, 2.45) is 0 Å². The number of hydrogen-bond acceptors (Lipinski definition) is 2. The van der Waals surface area contributed by atoms with E-state index in [0.717, 1.165) is 6.07 Å². The predicted octanol–water partition coefficient (Wildman–Crippen LogP) is 2.55. The number of rotatable bonds is 2. The van der Waals surface area contributed by atoms with Gasteiger partial charge >= 0.3 is 0 Å². The molecule has 0 bridgehead atoms. The Hall–Kier alpha value is -0.970. The second kappa shape index (κ2) is 3.83. The van der Waals surface area contributed by atoms with Crippen LogP contribution >= 0.6 is 15.9 Å². The van der Waals surface area contributed by atoms with E-state index >= 15 is 0 Å². The maximum Gasteiger partial charge on any atom is 0.156 e. The second-order valence-electron chi connectivity index (χ2n) is 2.22. The summed E-state index contributed by atoms with van der Waals surface area (Å²) in [6.07, 6.45) is 0.276. The van der Waals surface area contributed by atoms with E-state index in [1.807, 2.05) is 0 Å². The molecule has 0 N–H and O–H groups in total. The molecule has 0 radical (unpaired) electrons. The molecule has 70 valence electrons. The Morgan fingerprint density at radius 1 is 1.54 bits per heavy atom. The molecule has 0 saturated carbocycles. The van der Waals surface area contributed by atoms with Crippen LogP contribution in [0.3, 0.4) is 0 Å². The SMILES string of the molecule is COc1cc(F)c(Br)c(F)c1C=O. The minimum Gasteiger partial charge on any atom is -0.496 e. The van der Waals surface area contributed by atoms with Crippen LogP contribution < -0.4 is 4.74 Å². The molecule has 0 unspecified atom stereocenters. The largest absolute Gasteiger partial charge is 0.496 e. The number of halogens is 3. The highest BCUT2D eigenvalue weighted by atomic mass is 79.9. The van der Waals surface area contributed by atoms with Crippen LogP contribution in [0.5, 0.6) is 5.75 Å². The summed E-state index contributed by atoms with van der Waals surface area (Å²) in [5.74, 6) is -1.87. The van der Waals surface area contributed by atoms with Gasteiger partial charge in [-0.15, -0.1) is 0 Å². The number of methoxy groups -OCH3 is 1. The van der Waals surface area contributed by atoms with E-state index in [1.54, 1.807) is 0 Å². The lowest BCUT2D eigenvalue weighted by Gasteiger charge is -2.06. The average Bonchev–Trinajstić information content (AvgIpc) is 2.13. The van der Waals surface area contributed by atoms with Crippen LogP contribution in [0.25, 0.3) is 0 Å². The van der Waals surface area contributed by atoms with Gasteiger partial charge in [-0.25, -0.2) is 8.78 Å². The molecule has 1 aromatic rings. The zero-order valence-corrected chi connectivity index (χ0v) is 8.19. The first-order valence-electron chi connectivity index (χ1n) is 3.28. The lowest BCUT2D eigenvalue weighted by molar-refractivity contribution is 0.111. The van der Waals surface area contributed by atoms with Gasteiger partial charge in [-0.05, 0) is 15.9 Å². The highest BCUT2D eigenvalue weighted by molar-refractivity contribution is 9.10. The molecule has 0 fully saturated rings. The lowest BCUT2D eigenvalue weighted by atomic mass is 10.2. The van der Waals surface area contributed by atoms with Crippen LogP contribution in [0, 0.1) is 11.6 Å². The van der Waals surface area contributed by atoms with Crippen LogP contribution in [0.2, 0.25) is 0 Å². The molecule has 0 aliphatic heterocycles. The smallest absolute Gasteiger partial charge is 0.156 e. The van der Waals surface area contributed by atoms with Crippen molar-refractivity contribution in [3.63, 3.8) is 0 Å². The maximum atomic E-state index is 13.1. The first-order chi connectivity index (χ1) is 6.11. The highest BCUT2D eigenvalue weighted by Gasteiger charge is 2.16. The lowest BCUT2D eigenvalue weighted by Crippen LogP contribution is -1.98. The van der Waals surface area contributed by atoms with Crippen molar-refractivity contribution in [3.8, 4) is 5.75 Å². The standard InChI is InChI=1S/C8H5BrF2O2/c1-13-6-2-5(10)7(9)8(11)4(6)3-12/h2-3H,1H3. The van der Waals surface area contributed by atoms with Crippen LogP contribution in [-0.2, 0) is 0 Å². The molecule has 1 rings (SSSR count). The Morgan fingerprint density at radius 3 is 2.62 bits per heavy atom. The van der Waals surface area contributed by atoms with Gasteiger partial charge in [0.05, 0.1) is 17.1 Å². The number of carbonyl (C=O) groups is 1. The monoisotopic (exact) mass is 250 g/mol. The second-order valence-corrected chi connectivity index (χ2v) is 3.01. The Labute approximate surface area is 81.6 Å². The molecule has 0 amide bonds. The molecule has 0 heterocycles. The zero-order chi connectivity index (χ0) is 10.0. The summed E-state index contributed by atoms with van der Waals surface area (Å²) >= 11 is 2.67. The molecule has 0 aromatic heterocycles. The van der Waals surface area contributed by atoms with Crippen molar-refractivity contribution in [3.05, 3.63) is 27.7 Å². The van der Waals surface area contributed by atoms with Crippen molar-refractivity contribution in [2.75, 3.05) is 7.11 Å². The molecule has 2 nitrogen and oxygen atoms in total. The molecule has 13 heavy (non-hydrogen) atoms. The van der Waals surface area contributed by atoms with E-state index < -0.39 is 11.6 Å². The molecule has 0 aliphatic rings. The zero-order valence-electron chi connectivity index (χ0n) is 6.61. The van der Waals surface area contributed by atoms with Crippen molar-refractivity contribution >= 4 is 22.2 Å². The van der Waals surface area contributed by atoms with Gasteiger partial charge in [0, 0.05) is 6.07 Å². The summed E-state index contributed by atoms with van der Waals surface area (Å²) in [7, 11) is 1.23. The van der Waals surface area contributed by atoms with E-state index in [1.165, 1.54) is 7.11 Å². The summed E-state index contributed by atoms with van der Waals surface area (Å²) in [4.78, 5) is 10.4. The normalized spacial score (nSPS) is 9.85. The van der Waals surface area contributed by atoms with Crippen molar-refractivity contribution in [1.29, 1.82) is 0 Å². The third-order valence-corrected chi connectivity index (χ3v) is 2.23. The van der Waals surface area contributed by atoms with Gasteiger partial charge in [0.25, 0.3) is 0 Å². The quantitative estimate of drug-likeness (QED) is 0.596. The van der Waals surface area contributed by atoms with E-state index in [2.05, 4.69) is 20.7 Å². The number of hydrogen-bond donors (Lipinski definition) is 0. The van der Waals surface area contributed by atoms with Gasteiger partial charge in [-0.2, -0.15) is 0 Å². The van der Waals surface area contributed by atoms with Crippen molar-refractivity contribution in [1.82, 2.24) is 0 Å². The number of carbonyl (C=O) groups excluding carboxylic acids is 1. The first-order valence-corrected chi connectivity index (χ1v) is 4.07. The fraction of sp³-hybridized carbons (Fsp3) is 0.125. The molecular weight excluding hydrogens is 246 g/mol. The van der Waals surface area contributed by atoms with Crippen LogP contribution in [-0.4, -0.2) is 13.4 Å². The molecule has 1 aromatic carbocycles. The fourth-order valence-corrected chi connectivity index (χ4v) is 1.19. The number of ether oxygens (including phenoxy) is 1. The Morgan fingerprint density at radius 2 is 2.15 bits per heavy atom. The summed E-state index contributed by atoms with van der Waals surface area (Å²) in [6, 6.07) is 0.941. The van der Waals surface area contributed by atoms with E-state index in [-0.39, 0.29) is 22.1 Å². The maximum absolute atomic E-state index is 13.1. The fourth-order valence-electron chi connectivity index (χ4n) is 0.866. The molecule has 0 saturated heterocycles. The summed E-state index contributed by atoms with van der Waals surface area (Å²) in [5.41, 5.74) is -0.296. The molecule has 5 heteroatoms. The van der Waals surface area contributed by atoms with Crippen LogP contribution in [0.4, 0.5) is 8.78 Å². The third kappa shape index (κ3) is 1.70. The highest BCUT2D eigenvalue weighted by Crippen LogP contribution is 2.29. The summed E-state index contributed by atoms with van der Waals surface area (Å²) in [5, 5.41) is 0. The minimum atomic E-state index is -0.952. The van der Waals surface area contributed by atoms with Crippen molar-refractivity contribution < 1.29 is 18.3 Å². The summed E-state index contributed by atoms with van der Waals surface area (Å²) < 4.78 is 30.2. The Kier molecular flexibility index (Phi) is 2.98. The number of aldehydes is 1. The third-order valence-electron chi connectivity index (χ3n) is 1.50. The van der Waals surface area contributed by atoms with E-state index in [9.17, 15) is 13.6 Å². The first kappa shape index (κ1) is 10.1.